The topological polar surface area (TPSA) is 44.8 Å². The second-order valence-corrected chi connectivity index (χ2v) is 8.72. The van der Waals surface area contributed by atoms with Crippen LogP contribution >= 0.6 is 0 Å². The molecule has 0 aromatic carbocycles. The zero-order valence-electron chi connectivity index (χ0n) is 16.8. The van der Waals surface area contributed by atoms with Crippen LogP contribution in [0.5, 0.6) is 0 Å². The maximum Gasteiger partial charge on any atom is 0.234 e. The predicted octanol–water partition coefficient (Wildman–Crippen LogP) is 2.79. The number of likely N-dealkylation sites (N-methyl/N-ethyl adjacent to an activating group) is 1. The Morgan fingerprint density at radius 3 is 2.31 bits per heavy atom. The Kier molecular flexibility index (Phi) is 7.77. The van der Waals surface area contributed by atoms with Crippen LogP contribution in [0.1, 0.15) is 70.6 Å². The first kappa shape index (κ1) is 20.1. The third-order valence-corrected chi connectivity index (χ3v) is 6.92. The molecule has 26 heavy (non-hydrogen) atoms. The average Bonchev–Trinajstić information content (AvgIpc) is 2.97. The molecule has 2 saturated carbocycles. The highest BCUT2D eigenvalue weighted by molar-refractivity contribution is 5.78. The number of nitrogens with one attached hydrogen (secondary N) is 1. The quantitative estimate of drug-likeness (QED) is 0.735. The lowest BCUT2D eigenvalue weighted by molar-refractivity contribution is -0.123. The maximum absolute atomic E-state index is 12.7. The van der Waals surface area contributed by atoms with Crippen molar-refractivity contribution in [1.82, 2.24) is 15.1 Å². The van der Waals surface area contributed by atoms with E-state index in [1.807, 2.05) is 0 Å². The monoisotopic (exact) mass is 365 g/mol. The van der Waals surface area contributed by atoms with Gasteiger partial charge in [0.05, 0.1) is 19.8 Å². The lowest BCUT2D eigenvalue weighted by Gasteiger charge is -2.48. The smallest absolute Gasteiger partial charge is 0.234 e. The molecule has 0 aromatic rings. The van der Waals surface area contributed by atoms with Gasteiger partial charge in [-0.25, -0.2) is 0 Å². The van der Waals surface area contributed by atoms with Gasteiger partial charge in [0, 0.05) is 31.2 Å². The zero-order chi connectivity index (χ0) is 18.2. The molecule has 3 fully saturated rings. The number of nitrogens with zero attached hydrogens (tertiary/aromatic N) is 2. The van der Waals surface area contributed by atoms with E-state index in [0.29, 0.717) is 12.6 Å². The molecule has 1 heterocycles. The van der Waals surface area contributed by atoms with Gasteiger partial charge in [0.15, 0.2) is 0 Å². The fourth-order valence-electron chi connectivity index (χ4n) is 5.23. The van der Waals surface area contributed by atoms with E-state index < -0.39 is 0 Å². The number of ether oxygens (including phenoxy) is 1. The van der Waals surface area contributed by atoms with E-state index in [1.54, 1.807) is 0 Å². The second kappa shape index (κ2) is 10.0. The minimum Gasteiger partial charge on any atom is -0.379 e. The lowest BCUT2D eigenvalue weighted by Crippen LogP contribution is -2.60. The number of hydrogen-bond acceptors (Lipinski definition) is 4. The normalized spacial score (nSPS) is 25.8. The van der Waals surface area contributed by atoms with Gasteiger partial charge in [-0.3, -0.25) is 14.6 Å². The largest absolute Gasteiger partial charge is 0.379 e. The molecule has 0 unspecified atom stereocenters. The predicted molar refractivity (Wildman–Crippen MR) is 105 cm³/mol. The molecule has 3 aliphatic rings. The first-order chi connectivity index (χ1) is 12.7. The van der Waals surface area contributed by atoms with Gasteiger partial charge in [0.25, 0.3) is 0 Å². The molecule has 0 spiro atoms. The van der Waals surface area contributed by atoms with Gasteiger partial charge in [-0.05, 0) is 32.7 Å². The summed E-state index contributed by atoms with van der Waals surface area (Å²) >= 11 is 0. The molecular formula is C21H39N3O2. The Balaban J connectivity index is 1.50. The van der Waals surface area contributed by atoms with Crippen LogP contribution in [0.25, 0.3) is 0 Å². The minimum absolute atomic E-state index is 0.165. The molecule has 5 nitrogen and oxygen atoms in total. The van der Waals surface area contributed by atoms with E-state index in [9.17, 15) is 4.79 Å². The van der Waals surface area contributed by atoms with Crippen LogP contribution in [0.3, 0.4) is 0 Å². The Morgan fingerprint density at radius 2 is 1.65 bits per heavy atom. The van der Waals surface area contributed by atoms with E-state index in [1.165, 1.54) is 70.6 Å². The first-order valence-corrected chi connectivity index (χ1v) is 11.0. The van der Waals surface area contributed by atoms with Crippen molar-refractivity contribution in [3.8, 4) is 0 Å². The number of carbonyl (C=O) groups excluding carboxylic acids is 1. The average molecular weight is 366 g/mol. The summed E-state index contributed by atoms with van der Waals surface area (Å²) in [6.07, 6.45) is 14.2. The van der Waals surface area contributed by atoms with Crippen molar-refractivity contribution in [2.24, 2.45) is 0 Å². The number of carbonyl (C=O) groups is 1. The number of amides is 1. The Bertz CT molecular complexity index is 423. The summed E-state index contributed by atoms with van der Waals surface area (Å²) in [4.78, 5) is 17.6. The molecule has 150 valence electrons. The van der Waals surface area contributed by atoms with E-state index in [2.05, 4.69) is 22.2 Å². The standard InChI is InChI=1S/C21H39N3O2/c1-23(19-9-5-2-3-6-10-19)17-20(25)22-18-21(11-7-4-8-12-21)24-13-15-26-16-14-24/h19H,2-18H2,1H3,(H,22,25). The van der Waals surface area contributed by atoms with Crippen molar-refractivity contribution in [3.63, 3.8) is 0 Å². The third-order valence-electron chi connectivity index (χ3n) is 6.92. The van der Waals surface area contributed by atoms with Crippen LogP contribution in [0.4, 0.5) is 0 Å². The van der Waals surface area contributed by atoms with Crippen molar-refractivity contribution < 1.29 is 9.53 Å². The van der Waals surface area contributed by atoms with Crippen molar-refractivity contribution >= 4 is 5.91 Å². The SMILES string of the molecule is CN(CC(=O)NCC1(N2CCOCC2)CCCCC1)C1CCCCCC1. The van der Waals surface area contributed by atoms with Gasteiger partial charge in [0.1, 0.15) is 0 Å². The molecule has 5 heteroatoms. The zero-order valence-corrected chi connectivity index (χ0v) is 16.8. The van der Waals surface area contributed by atoms with Crippen LogP contribution in [-0.2, 0) is 9.53 Å². The second-order valence-electron chi connectivity index (χ2n) is 8.72. The van der Waals surface area contributed by atoms with E-state index >= 15 is 0 Å². The summed E-state index contributed by atoms with van der Waals surface area (Å²) in [6, 6.07) is 0.589. The van der Waals surface area contributed by atoms with Crippen LogP contribution in [0, 0.1) is 0 Å². The molecule has 3 rings (SSSR count). The van der Waals surface area contributed by atoms with Crippen LogP contribution < -0.4 is 5.32 Å². The van der Waals surface area contributed by atoms with Gasteiger partial charge in [-0.1, -0.05) is 44.9 Å². The summed E-state index contributed by atoms with van der Waals surface area (Å²) in [6.45, 7) is 5.05. The number of rotatable bonds is 6. The highest BCUT2D eigenvalue weighted by Gasteiger charge is 2.38. The van der Waals surface area contributed by atoms with E-state index in [0.717, 1.165) is 32.8 Å². The minimum atomic E-state index is 0.165. The van der Waals surface area contributed by atoms with Crippen molar-refractivity contribution in [2.75, 3.05) is 46.4 Å². The summed E-state index contributed by atoms with van der Waals surface area (Å²) in [5.74, 6) is 0.204. The molecular weight excluding hydrogens is 326 g/mol. The third kappa shape index (κ3) is 5.43. The molecule has 0 bridgehead atoms. The number of hydrogen-bond donors (Lipinski definition) is 1. The van der Waals surface area contributed by atoms with Crippen molar-refractivity contribution in [3.05, 3.63) is 0 Å². The van der Waals surface area contributed by atoms with Crippen LogP contribution in [0.2, 0.25) is 0 Å². The van der Waals surface area contributed by atoms with Crippen LogP contribution in [-0.4, -0.2) is 73.7 Å². The molecule has 1 aliphatic heterocycles. The highest BCUT2D eigenvalue weighted by atomic mass is 16.5. The maximum atomic E-state index is 12.7. The fourth-order valence-corrected chi connectivity index (χ4v) is 5.23. The van der Waals surface area contributed by atoms with Gasteiger partial charge >= 0.3 is 0 Å². The summed E-state index contributed by atoms with van der Waals surface area (Å²) < 4.78 is 5.56. The highest BCUT2D eigenvalue weighted by Crippen LogP contribution is 2.33. The van der Waals surface area contributed by atoms with Gasteiger partial charge in [-0.15, -0.1) is 0 Å². The fraction of sp³-hybridized carbons (Fsp3) is 0.952. The first-order valence-electron chi connectivity index (χ1n) is 11.0. The molecule has 0 atom stereocenters. The Morgan fingerprint density at radius 1 is 1.04 bits per heavy atom. The Labute approximate surface area is 159 Å². The molecule has 1 amide bonds. The summed E-state index contributed by atoms with van der Waals surface area (Å²) in [5.41, 5.74) is 0.165. The van der Waals surface area contributed by atoms with Crippen LogP contribution in [0.15, 0.2) is 0 Å². The van der Waals surface area contributed by atoms with Gasteiger partial charge < -0.3 is 10.1 Å². The lowest BCUT2D eigenvalue weighted by atomic mass is 9.79. The molecule has 0 radical (unpaired) electrons. The summed E-state index contributed by atoms with van der Waals surface area (Å²) in [5, 5.41) is 3.31. The molecule has 0 aromatic heterocycles. The number of morpholine rings is 1. The molecule has 1 N–H and O–H groups in total. The van der Waals surface area contributed by atoms with Gasteiger partial charge in [-0.2, -0.15) is 0 Å². The van der Waals surface area contributed by atoms with E-state index in [-0.39, 0.29) is 11.4 Å². The summed E-state index contributed by atoms with van der Waals surface area (Å²) in [7, 11) is 2.13. The Hall–Kier alpha value is -0.650. The van der Waals surface area contributed by atoms with Crippen molar-refractivity contribution in [1.29, 1.82) is 0 Å². The van der Waals surface area contributed by atoms with Gasteiger partial charge in [0.2, 0.25) is 5.91 Å². The molecule has 2 aliphatic carbocycles. The van der Waals surface area contributed by atoms with E-state index in [4.69, 9.17) is 4.74 Å². The molecule has 1 saturated heterocycles. The van der Waals surface area contributed by atoms with Crippen molar-refractivity contribution in [2.45, 2.75) is 82.2 Å².